The fourth-order valence-electron chi connectivity index (χ4n) is 1.72. The molecule has 1 unspecified atom stereocenters. The second-order valence-electron chi connectivity index (χ2n) is 3.53. The van der Waals surface area contributed by atoms with Crippen LogP contribution in [0.1, 0.15) is 17.2 Å². The van der Waals surface area contributed by atoms with Crippen LogP contribution >= 0.6 is 15.9 Å². The number of rotatable bonds is 0. The summed E-state index contributed by atoms with van der Waals surface area (Å²) in [5, 5.41) is 10.0. The topological polar surface area (TPSA) is 29.5 Å². The molecule has 0 saturated heterocycles. The molecule has 0 radical (unpaired) electrons. The average Bonchev–Trinajstić information content (AvgIpc) is 2.19. The molecule has 1 aliphatic rings. The van der Waals surface area contributed by atoms with E-state index in [1.54, 1.807) is 0 Å². The van der Waals surface area contributed by atoms with Crippen molar-refractivity contribution in [3.8, 4) is 5.75 Å². The molecule has 1 N–H and O–H groups in total. The minimum Gasteiger partial charge on any atom is -0.488 e. The average molecular weight is 267 g/mol. The molecule has 3 heteroatoms. The molecule has 78 valence electrons. The molecule has 0 saturated carbocycles. The monoisotopic (exact) mass is 266 g/mol. The number of aliphatic hydroxyl groups excluding tert-OH is 1. The van der Waals surface area contributed by atoms with Crippen molar-refractivity contribution in [3.63, 3.8) is 0 Å². The van der Waals surface area contributed by atoms with Crippen molar-refractivity contribution in [2.45, 2.75) is 13.0 Å². The number of hydrogen-bond acceptors (Lipinski definition) is 2. The molecule has 1 aliphatic heterocycles. The van der Waals surface area contributed by atoms with Crippen LogP contribution in [-0.2, 0) is 0 Å². The molecular formula is C12H11BrO2. The smallest absolute Gasteiger partial charge is 0.128 e. The largest absolute Gasteiger partial charge is 0.488 e. The van der Waals surface area contributed by atoms with Crippen LogP contribution in [0.25, 0.3) is 0 Å². The Morgan fingerprint density at radius 2 is 2.33 bits per heavy atom. The van der Waals surface area contributed by atoms with E-state index in [-0.39, 0.29) is 0 Å². The zero-order valence-corrected chi connectivity index (χ0v) is 9.97. The zero-order chi connectivity index (χ0) is 11.0. The Bertz CT molecular complexity index is 459. The lowest BCUT2D eigenvalue weighted by Crippen LogP contribution is -2.17. The number of aryl methyl sites for hydroxylation is 1. The van der Waals surface area contributed by atoms with Crippen molar-refractivity contribution in [1.82, 2.24) is 0 Å². The number of aliphatic hydroxyl groups is 1. The van der Waals surface area contributed by atoms with Crippen LogP contribution in [0.15, 0.2) is 34.5 Å². The third-order valence-electron chi connectivity index (χ3n) is 2.49. The summed E-state index contributed by atoms with van der Waals surface area (Å²) in [5.74, 6) is 0.768. The van der Waals surface area contributed by atoms with Gasteiger partial charge in [-0.15, -0.1) is 5.73 Å². The molecule has 1 aromatic carbocycles. The van der Waals surface area contributed by atoms with Crippen LogP contribution in [-0.4, -0.2) is 11.7 Å². The van der Waals surface area contributed by atoms with E-state index in [1.807, 2.05) is 19.1 Å². The second-order valence-corrected chi connectivity index (χ2v) is 4.45. The van der Waals surface area contributed by atoms with Crippen molar-refractivity contribution in [1.29, 1.82) is 0 Å². The van der Waals surface area contributed by atoms with E-state index in [0.717, 1.165) is 21.3 Å². The Morgan fingerprint density at radius 3 is 3.00 bits per heavy atom. The number of halogens is 1. The summed E-state index contributed by atoms with van der Waals surface area (Å²) < 4.78 is 6.50. The molecule has 0 spiro atoms. The normalized spacial score (nSPS) is 19.1. The highest BCUT2D eigenvalue weighted by Gasteiger charge is 2.25. The molecule has 2 nitrogen and oxygen atoms in total. The molecule has 1 heterocycles. The van der Waals surface area contributed by atoms with E-state index < -0.39 is 6.10 Å². The van der Waals surface area contributed by atoms with Gasteiger partial charge < -0.3 is 9.84 Å². The van der Waals surface area contributed by atoms with Gasteiger partial charge in [0, 0.05) is 15.6 Å². The molecule has 0 aliphatic carbocycles. The van der Waals surface area contributed by atoms with E-state index in [1.165, 1.54) is 0 Å². The predicted octanol–water partition coefficient (Wildman–Crippen LogP) is 2.89. The predicted molar refractivity (Wildman–Crippen MR) is 62.0 cm³/mol. The van der Waals surface area contributed by atoms with Gasteiger partial charge in [-0.05, 0) is 24.6 Å². The summed E-state index contributed by atoms with van der Waals surface area (Å²) >= 11 is 3.40. The first-order valence-electron chi connectivity index (χ1n) is 4.63. The summed E-state index contributed by atoms with van der Waals surface area (Å²) in [6.45, 7) is 5.86. The second kappa shape index (κ2) is 3.86. The third-order valence-corrected chi connectivity index (χ3v) is 2.95. The van der Waals surface area contributed by atoms with E-state index in [4.69, 9.17) is 4.74 Å². The first kappa shape index (κ1) is 10.5. The molecule has 0 fully saturated rings. The van der Waals surface area contributed by atoms with Crippen LogP contribution in [0.2, 0.25) is 0 Å². The fourth-order valence-corrected chi connectivity index (χ4v) is 2.31. The van der Waals surface area contributed by atoms with E-state index in [2.05, 4.69) is 28.2 Å². The standard InChI is InChI=1S/C12H11BrO2/c1-3-8-6-15-12-7(2)4-9(13)5-10(12)11(8)14/h4-5,11,14H,1,6H2,2H3. The Labute approximate surface area is 97.0 Å². The molecule has 2 rings (SSSR count). The van der Waals surface area contributed by atoms with Gasteiger partial charge in [0.15, 0.2) is 0 Å². The quantitative estimate of drug-likeness (QED) is 0.732. The zero-order valence-electron chi connectivity index (χ0n) is 8.38. The van der Waals surface area contributed by atoms with Crippen molar-refractivity contribution in [2.24, 2.45) is 0 Å². The first-order chi connectivity index (χ1) is 7.13. The molecule has 0 amide bonds. The number of fused-ring (bicyclic) bond motifs is 1. The highest BCUT2D eigenvalue weighted by molar-refractivity contribution is 9.10. The fraction of sp³-hybridized carbons (Fsp3) is 0.250. The lowest BCUT2D eigenvalue weighted by molar-refractivity contribution is 0.170. The first-order valence-corrected chi connectivity index (χ1v) is 5.42. The van der Waals surface area contributed by atoms with Crippen LogP contribution < -0.4 is 4.74 Å². The highest BCUT2D eigenvalue weighted by atomic mass is 79.9. The number of benzene rings is 1. The number of hydrogen-bond donors (Lipinski definition) is 1. The maximum atomic E-state index is 10.0. The van der Waals surface area contributed by atoms with Crippen molar-refractivity contribution in [3.05, 3.63) is 45.6 Å². The molecular weight excluding hydrogens is 256 g/mol. The Morgan fingerprint density at radius 1 is 1.60 bits per heavy atom. The lowest BCUT2D eigenvalue weighted by Gasteiger charge is -2.25. The third kappa shape index (κ3) is 1.74. The van der Waals surface area contributed by atoms with Gasteiger partial charge in [-0.25, -0.2) is 0 Å². The molecule has 15 heavy (non-hydrogen) atoms. The molecule has 0 aromatic heterocycles. The van der Waals surface area contributed by atoms with Crippen LogP contribution in [0.4, 0.5) is 0 Å². The van der Waals surface area contributed by atoms with Crippen LogP contribution in [0.3, 0.4) is 0 Å². The molecule has 1 atom stereocenters. The van der Waals surface area contributed by atoms with Gasteiger partial charge in [-0.3, -0.25) is 0 Å². The van der Waals surface area contributed by atoms with E-state index in [0.29, 0.717) is 12.2 Å². The van der Waals surface area contributed by atoms with Gasteiger partial charge in [0.1, 0.15) is 18.5 Å². The molecule has 0 bridgehead atoms. The lowest BCUT2D eigenvalue weighted by atomic mass is 9.97. The van der Waals surface area contributed by atoms with Crippen LogP contribution in [0, 0.1) is 6.92 Å². The molecule has 1 aromatic rings. The minimum absolute atomic E-state index is 0.361. The Hall–Kier alpha value is -1.02. The summed E-state index contributed by atoms with van der Waals surface area (Å²) in [7, 11) is 0. The number of ether oxygens (including phenoxy) is 1. The Kier molecular flexibility index (Phi) is 2.70. The van der Waals surface area contributed by atoms with Crippen molar-refractivity contribution in [2.75, 3.05) is 6.61 Å². The highest BCUT2D eigenvalue weighted by Crippen LogP contribution is 2.38. The van der Waals surface area contributed by atoms with Gasteiger partial charge in [-0.2, -0.15) is 0 Å². The van der Waals surface area contributed by atoms with Gasteiger partial charge in [0.05, 0.1) is 0 Å². The van der Waals surface area contributed by atoms with Crippen LogP contribution in [0.5, 0.6) is 5.75 Å². The van der Waals surface area contributed by atoms with E-state index in [9.17, 15) is 5.11 Å². The summed E-state index contributed by atoms with van der Waals surface area (Å²) in [4.78, 5) is 0. The van der Waals surface area contributed by atoms with Gasteiger partial charge in [0.25, 0.3) is 0 Å². The minimum atomic E-state index is -0.651. The Balaban J connectivity index is 2.61. The van der Waals surface area contributed by atoms with Gasteiger partial charge >= 0.3 is 0 Å². The van der Waals surface area contributed by atoms with Gasteiger partial charge in [-0.1, -0.05) is 22.5 Å². The summed E-state index contributed by atoms with van der Waals surface area (Å²) in [6.07, 6.45) is -0.651. The van der Waals surface area contributed by atoms with Gasteiger partial charge in [0.2, 0.25) is 0 Å². The van der Waals surface area contributed by atoms with E-state index >= 15 is 0 Å². The van der Waals surface area contributed by atoms with Crippen molar-refractivity contribution >= 4 is 15.9 Å². The maximum Gasteiger partial charge on any atom is 0.128 e. The maximum absolute atomic E-state index is 10.0. The summed E-state index contributed by atoms with van der Waals surface area (Å²) in [5.41, 5.74) is 5.18. The SMILES string of the molecule is C=C=C1COc2c(C)cc(Br)cc2C1O. The van der Waals surface area contributed by atoms with Crippen molar-refractivity contribution < 1.29 is 9.84 Å². The summed E-state index contributed by atoms with van der Waals surface area (Å²) in [6, 6.07) is 3.83.